The zero-order chi connectivity index (χ0) is 14.0. The lowest BCUT2D eigenvalue weighted by molar-refractivity contribution is 0.324. The van der Waals surface area contributed by atoms with Gasteiger partial charge in [-0.2, -0.15) is 0 Å². The van der Waals surface area contributed by atoms with Crippen molar-refractivity contribution in [2.24, 2.45) is 5.92 Å². The SMILES string of the molecule is CCNC1CCN(c2cc(F)cc(F)c2F)CC1C. The summed E-state index contributed by atoms with van der Waals surface area (Å²) in [7, 11) is 0. The first-order valence-electron chi connectivity index (χ1n) is 6.65. The van der Waals surface area contributed by atoms with E-state index in [-0.39, 0.29) is 5.69 Å². The van der Waals surface area contributed by atoms with Crippen LogP contribution in [0.15, 0.2) is 12.1 Å². The molecule has 19 heavy (non-hydrogen) atoms. The summed E-state index contributed by atoms with van der Waals surface area (Å²) in [6.45, 7) is 6.19. The highest BCUT2D eigenvalue weighted by Crippen LogP contribution is 2.28. The minimum Gasteiger partial charge on any atom is -0.369 e. The number of hydrogen-bond donors (Lipinski definition) is 1. The molecule has 0 aromatic heterocycles. The average molecular weight is 272 g/mol. The molecule has 2 rings (SSSR count). The lowest BCUT2D eigenvalue weighted by Gasteiger charge is -2.38. The summed E-state index contributed by atoms with van der Waals surface area (Å²) in [5.41, 5.74) is 0.0271. The Labute approximate surface area is 111 Å². The van der Waals surface area contributed by atoms with Crippen LogP contribution in [0.1, 0.15) is 20.3 Å². The third-order valence-electron chi connectivity index (χ3n) is 3.69. The molecule has 106 valence electrons. The van der Waals surface area contributed by atoms with Gasteiger partial charge in [-0.25, -0.2) is 13.2 Å². The molecule has 1 aromatic carbocycles. The van der Waals surface area contributed by atoms with E-state index in [0.717, 1.165) is 19.0 Å². The van der Waals surface area contributed by atoms with Crippen LogP contribution in [0.4, 0.5) is 18.9 Å². The third kappa shape index (κ3) is 3.03. The van der Waals surface area contributed by atoms with Crippen LogP contribution >= 0.6 is 0 Å². The molecule has 1 aromatic rings. The van der Waals surface area contributed by atoms with E-state index in [1.54, 1.807) is 4.90 Å². The van der Waals surface area contributed by atoms with Gasteiger partial charge in [0.2, 0.25) is 0 Å². The van der Waals surface area contributed by atoms with Gasteiger partial charge in [-0.1, -0.05) is 13.8 Å². The fraction of sp³-hybridized carbons (Fsp3) is 0.571. The molecule has 1 N–H and O–H groups in total. The van der Waals surface area contributed by atoms with Gasteiger partial charge in [-0.3, -0.25) is 0 Å². The second-order valence-electron chi connectivity index (χ2n) is 5.10. The molecule has 2 unspecified atom stereocenters. The summed E-state index contributed by atoms with van der Waals surface area (Å²) in [6.07, 6.45) is 0.840. The zero-order valence-corrected chi connectivity index (χ0v) is 11.2. The van der Waals surface area contributed by atoms with Crippen LogP contribution in [0.25, 0.3) is 0 Å². The zero-order valence-electron chi connectivity index (χ0n) is 11.2. The van der Waals surface area contributed by atoms with Crippen molar-refractivity contribution in [3.8, 4) is 0 Å². The molecule has 0 radical (unpaired) electrons. The van der Waals surface area contributed by atoms with Crippen molar-refractivity contribution >= 4 is 5.69 Å². The van der Waals surface area contributed by atoms with E-state index in [9.17, 15) is 13.2 Å². The Morgan fingerprint density at radius 1 is 1.32 bits per heavy atom. The fourth-order valence-electron chi connectivity index (χ4n) is 2.70. The minimum absolute atomic E-state index is 0.0271. The largest absolute Gasteiger partial charge is 0.369 e. The van der Waals surface area contributed by atoms with Gasteiger partial charge in [0, 0.05) is 31.3 Å². The quantitative estimate of drug-likeness (QED) is 0.851. The van der Waals surface area contributed by atoms with Crippen LogP contribution in [0.2, 0.25) is 0 Å². The van der Waals surface area contributed by atoms with E-state index in [2.05, 4.69) is 12.2 Å². The standard InChI is InChI=1S/C14H19F3N2/c1-3-18-12-4-5-19(8-9(12)2)13-7-10(15)6-11(16)14(13)17/h6-7,9,12,18H,3-5,8H2,1-2H3. The van der Waals surface area contributed by atoms with Crippen LogP contribution < -0.4 is 10.2 Å². The van der Waals surface area contributed by atoms with Gasteiger partial charge < -0.3 is 10.2 Å². The fourth-order valence-corrected chi connectivity index (χ4v) is 2.70. The van der Waals surface area contributed by atoms with Gasteiger partial charge in [0.25, 0.3) is 0 Å². The summed E-state index contributed by atoms with van der Waals surface area (Å²) in [5.74, 6) is -2.53. The minimum atomic E-state index is -1.13. The maximum absolute atomic E-state index is 13.7. The molecular weight excluding hydrogens is 253 g/mol. The summed E-state index contributed by atoms with van der Waals surface area (Å²) >= 11 is 0. The van der Waals surface area contributed by atoms with Crippen LogP contribution in [0, 0.1) is 23.4 Å². The van der Waals surface area contributed by atoms with Gasteiger partial charge >= 0.3 is 0 Å². The molecule has 2 nitrogen and oxygen atoms in total. The Morgan fingerprint density at radius 2 is 2.05 bits per heavy atom. The van der Waals surface area contributed by atoms with E-state index in [0.29, 0.717) is 31.1 Å². The van der Waals surface area contributed by atoms with E-state index in [4.69, 9.17) is 0 Å². The normalized spacial score (nSPS) is 23.7. The molecule has 1 heterocycles. The number of benzene rings is 1. The molecule has 0 bridgehead atoms. The molecular formula is C14H19F3N2. The summed E-state index contributed by atoms with van der Waals surface area (Å²) < 4.78 is 40.2. The Morgan fingerprint density at radius 3 is 2.68 bits per heavy atom. The Hall–Kier alpha value is -1.23. The van der Waals surface area contributed by atoms with Gasteiger partial charge in [-0.05, 0) is 18.9 Å². The summed E-state index contributed by atoms with van der Waals surface area (Å²) in [5, 5.41) is 3.38. The third-order valence-corrected chi connectivity index (χ3v) is 3.69. The van der Waals surface area contributed by atoms with Crippen molar-refractivity contribution in [2.75, 3.05) is 24.5 Å². The maximum Gasteiger partial charge on any atom is 0.182 e. The topological polar surface area (TPSA) is 15.3 Å². The van der Waals surface area contributed by atoms with Gasteiger partial charge in [0.05, 0.1) is 5.69 Å². The molecule has 2 atom stereocenters. The number of hydrogen-bond acceptors (Lipinski definition) is 2. The second-order valence-corrected chi connectivity index (χ2v) is 5.10. The molecule has 1 fully saturated rings. The van der Waals surface area contributed by atoms with Crippen molar-refractivity contribution in [1.82, 2.24) is 5.32 Å². The predicted octanol–water partition coefficient (Wildman–Crippen LogP) is 2.93. The number of nitrogens with one attached hydrogen (secondary N) is 1. The lowest BCUT2D eigenvalue weighted by Crippen LogP contribution is -2.48. The average Bonchev–Trinajstić information content (AvgIpc) is 2.36. The van der Waals surface area contributed by atoms with E-state index in [1.807, 2.05) is 6.92 Å². The molecule has 1 aliphatic rings. The first-order valence-corrected chi connectivity index (χ1v) is 6.65. The second kappa shape index (κ2) is 5.82. The van der Waals surface area contributed by atoms with E-state index in [1.165, 1.54) is 0 Å². The molecule has 1 saturated heterocycles. The first-order chi connectivity index (χ1) is 9.02. The molecule has 0 aliphatic carbocycles. The van der Waals surface area contributed by atoms with Crippen molar-refractivity contribution in [2.45, 2.75) is 26.3 Å². The van der Waals surface area contributed by atoms with Gasteiger partial charge in [-0.15, -0.1) is 0 Å². The number of piperidine rings is 1. The summed E-state index contributed by atoms with van der Waals surface area (Å²) in [4.78, 5) is 1.72. The van der Waals surface area contributed by atoms with Gasteiger partial charge in [0.15, 0.2) is 11.6 Å². The van der Waals surface area contributed by atoms with Crippen LogP contribution in [0.5, 0.6) is 0 Å². The van der Waals surface area contributed by atoms with E-state index >= 15 is 0 Å². The van der Waals surface area contributed by atoms with Gasteiger partial charge in [0.1, 0.15) is 5.82 Å². The number of anilines is 1. The Balaban J connectivity index is 2.16. The smallest absolute Gasteiger partial charge is 0.182 e. The highest BCUT2D eigenvalue weighted by Gasteiger charge is 2.27. The van der Waals surface area contributed by atoms with Crippen molar-refractivity contribution < 1.29 is 13.2 Å². The number of halogens is 3. The summed E-state index contributed by atoms with van der Waals surface area (Å²) in [6, 6.07) is 2.02. The number of rotatable bonds is 3. The highest BCUT2D eigenvalue weighted by atomic mass is 19.2. The Kier molecular flexibility index (Phi) is 4.34. The number of nitrogens with zero attached hydrogens (tertiary/aromatic N) is 1. The van der Waals surface area contributed by atoms with Crippen LogP contribution in [-0.2, 0) is 0 Å². The highest BCUT2D eigenvalue weighted by molar-refractivity contribution is 5.49. The molecule has 0 spiro atoms. The monoisotopic (exact) mass is 272 g/mol. The van der Waals surface area contributed by atoms with Crippen LogP contribution in [0.3, 0.4) is 0 Å². The Bertz CT molecular complexity index is 451. The van der Waals surface area contributed by atoms with Crippen molar-refractivity contribution in [3.63, 3.8) is 0 Å². The van der Waals surface area contributed by atoms with E-state index < -0.39 is 17.5 Å². The van der Waals surface area contributed by atoms with Crippen molar-refractivity contribution in [1.29, 1.82) is 0 Å². The molecule has 0 amide bonds. The molecule has 0 saturated carbocycles. The lowest BCUT2D eigenvalue weighted by atomic mass is 9.93. The molecule has 1 aliphatic heterocycles. The van der Waals surface area contributed by atoms with Crippen LogP contribution in [-0.4, -0.2) is 25.7 Å². The molecule has 5 heteroatoms. The maximum atomic E-state index is 13.7. The predicted molar refractivity (Wildman–Crippen MR) is 69.8 cm³/mol. The van der Waals surface area contributed by atoms with Crippen molar-refractivity contribution in [3.05, 3.63) is 29.6 Å². The first kappa shape index (κ1) is 14.2.